The molecule has 1 fully saturated rings. The number of aryl methyl sites for hydroxylation is 1. The number of hydrogen-bond donors (Lipinski definition) is 1. The third-order valence-corrected chi connectivity index (χ3v) is 9.90. The number of ether oxygens (including phenoxy) is 4. The van der Waals surface area contributed by atoms with Gasteiger partial charge in [-0.2, -0.15) is 0 Å². The lowest BCUT2D eigenvalue weighted by atomic mass is 9.74. The lowest BCUT2D eigenvalue weighted by Crippen LogP contribution is -2.39. The number of fused-ring (bicyclic) bond motifs is 4. The summed E-state index contributed by atoms with van der Waals surface area (Å²) in [7, 11) is 3.75. The van der Waals surface area contributed by atoms with E-state index in [1.165, 1.54) is 0 Å². The van der Waals surface area contributed by atoms with Crippen molar-refractivity contribution in [1.82, 2.24) is 10.5 Å². The van der Waals surface area contributed by atoms with Gasteiger partial charge in [0.2, 0.25) is 11.4 Å². The average molecular weight is 693 g/mol. The number of Topliss-reactive ketones (excluding diaryl/α,β-unsaturated/α-hetero) is 2. The van der Waals surface area contributed by atoms with E-state index in [0.29, 0.717) is 60.0 Å². The summed E-state index contributed by atoms with van der Waals surface area (Å²) in [5.41, 5.74) is 1.63. The van der Waals surface area contributed by atoms with Crippen LogP contribution in [0, 0.1) is 18.8 Å². The Bertz CT molecular complexity index is 2120. The Balaban J connectivity index is 0.00000131. The van der Waals surface area contributed by atoms with Crippen LogP contribution in [0.2, 0.25) is 0 Å². The lowest BCUT2D eigenvalue weighted by molar-refractivity contribution is 0.0207. The maximum absolute atomic E-state index is 14.8. The molecule has 1 saturated heterocycles. The quantitative estimate of drug-likeness (QED) is 0.101. The summed E-state index contributed by atoms with van der Waals surface area (Å²) in [6.07, 6.45) is 1.91. The molecule has 1 spiro atoms. The van der Waals surface area contributed by atoms with E-state index >= 15 is 0 Å². The summed E-state index contributed by atoms with van der Waals surface area (Å²) in [4.78, 5) is 54.0. The third-order valence-electron chi connectivity index (χ3n) is 9.90. The van der Waals surface area contributed by atoms with Gasteiger partial charge in [-0.1, -0.05) is 42.5 Å². The van der Waals surface area contributed by atoms with Crippen molar-refractivity contribution in [2.75, 3.05) is 14.1 Å². The fourth-order valence-electron chi connectivity index (χ4n) is 7.68. The molecule has 51 heavy (non-hydrogen) atoms. The highest BCUT2D eigenvalue weighted by Crippen LogP contribution is 2.61. The number of nitrogens with zero attached hydrogens (tertiary/aromatic N) is 1. The predicted molar refractivity (Wildman–Crippen MR) is 186 cm³/mol. The number of epoxide rings is 1. The highest BCUT2D eigenvalue weighted by Gasteiger charge is 2.71. The van der Waals surface area contributed by atoms with Crippen molar-refractivity contribution in [3.63, 3.8) is 0 Å². The molecule has 11 nitrogen and oxygen atoms in total. The van der Waals surface area contributed by atoms with E-state index in [4.69, 9.17) is 23.5 Å². The number of allylic oxidation sites excluding steroid dienone is 1. The van der Waals surface area contributed by atoms with E-state index in [1.807, 2.05) is 51.4 Å². The van der Waals surface area contributed by atoms with Gasteiger partial charge in [0.15, 0.2) is 23.1 Å². The largest absolute Gasteiger partial charge is 0.514 e. The Morgan fingerprint density at radius 3 is 2.49 bits per heavy atom. The number of rotatable bonds is 5. The van der Waals surface area contributed by atoms with Crippen LogP contribution in [0.15, 0.2) is 64.4 Å². The first-order chi connectivity index (χ1) is 24.4. The molecule has 1 unspecified atom stereocenters. The molecule has 1 aromatic heterocycles. The summed E-state index contributed by atoms with van der Waals surface area (Å²) in [6.45, 7) is 7.29. The minimum atomic E-state index is -1.32. The average Bonchev–Trinajstić information content (AvgIpc) is 3.72. The highest BCUT2D eigenvalue weighted by atomic mass is 16.7. The van der Waals surface area contributed by atoms with Crippen LogP contribution in [0.25, 0.3) is 10.8 Å². The molecular weight excluding hydrogens is 652 g/mol. The summed E-state index contributed by atoms with van der Waals surface area (Å²) >= 11 is 0. The molecule has 3 aromatic carbocycles. The number of benzene rings is 3. The first-order valence-electron chi connectivity index (χ1n) is 17.1. The van der Waals surface area contributed by atoms with Gasteiger partial charge in [0.1, 0.15) is 24.1 Å². The van der Waals surface area contributed by atoms with Crippen LogP contribution < -0.4 is 14.8 Å². The van der Waals surface area contributed by atoms with E-state index < -0.39 is 17.4 Å². The second-order valence-electron chi connectivity index (χ2n) is 14.5. The molecule has 3 aliphatic carbocycles. The zero-order valence-corrected chi connectivity index (χ0v) is 29.5. The van der Waals surface area contributed by atoms with Gasteiger partial charge in [-0.15, -0.1) is 0 Å². The molecule has 0 bridgehead atoms. The zero-order chi connectivity index (χ0) is 36.2. The monoisotopic (exact) mass is 692 g/mol. The van der Waals surface area contributed by atoms with Gasteiger partial charge in [0.25, 0.3) is 5.88 Å². The molecule has 11 heteroatoms. The van der Waals surface area contributed by atoms with Gasteiger partial charge >= 0.3 is 6.16 Å². The van der Waals surface area contributed by atoms with Crippen molar-refractivity contribution in [3.8, 4) is 11.6 Å². The first kappa shape index (κ1) is 34.2. The number of nitrogens with one attached hydrogen (secondary N) is 1. The second-order valence-corrected chi connectivity index (χ2v) is 14.5. The Morgan fingerprint density at radius 2 is 1.78 bits per heavy atom. The van der Waals surface area contributed by atoms with Crippen LogP contribution in [-0.2, 0) is 28.9 Å². The smallest absolute Gasteiger partial charge is 0.470 e. The van der Waals surface area contributed by atoms with Crippen LogP contribution in [0.1, 0.15) is 87.1 Å². The Kier molecular flexibility index (Phi) is 8.57. The summed E-state index contributed by atoms with van der Waals surface area (Å²) in [5, 5.41) is 8.05. The Morgan fingerprint density at radius 1 is 1.04 bits per heavy atom. The van der Waals surface area contributed by atoms with E-state index in [2.05, 4.69) is 10.5 Å². The summed E-state index contributed by atoms with van der Waals surface area (Å²) in [5.74, 6) is -0.191. The van der Waals surface area contributed by atoms with E-state index in [1.54, 1.807) is 39.0 Å². The second kappa shape index (κ2) is 12.8. The number of aldehydes is 1. The Hall–Kier alpha value is -5.29. The van der Waals surface area contributed by atoms with E-state index in [9.17, 15) is 19.2 Å². The van der Waals surface area contributed by atoms with Crippen LogP contribution in [0.5, 0.6) is 11.6 Å². The van der Waals surface area contributed by atoms with Crippen molar-refractivity contribution in [3.05, 3.63) is 99.0 Å². The molecule has 0 radical (unpaired) electrons. The molecular formula is C40H40N2O9. The number of hydrogen-bond acceptors (Lipinski definition) is 11. The van der Waals surface area contributed by atoms with Crippen molar-refractivity contribution < 1.29 is 42.6 Å². The van der Waals surface area contributed by atoms with Gasteiger partial charge in [-0.3, -0.25) is 14.4 Å². The van der Waals surface area contributed by atoms with Crippen LogP contribution in [0.3, 0.4) is 0 Å². The molecule has 1 N–H and O–H groups in total. The van der Waals surface area contributed by atoms with E-state index in [-0.39, 0.29) is 52.8 Å². The molecule has 4 aromatic rings. The van der Waals surface area contributed by atoms with Crippen LogP contribution >= 0.6 is 0 Å². The molecule has 8 rings (SSSR count). The molecule has 0 saturated carbocycles. The molecule has 1 aliphatic heterocycles. The summed E-state index contributed by atoms with van der Waals surface area (Å²) in [6, 6.07) is 14.7. The molecule has 264 valence electrons. The number of ketones is 2. The first-order valence-corrected chi connectivity index (χ1v) is 17.1. The number of carbonyl (C=O) groups is 4. The molecule has 2 heterocycles. The number of carbonyl (C=O) groups excluding carboxylic acids is 4. The molecule has 4 aliphatic rings. The topological polar surface area (TPSA) is 147 Å². The number of aromatic nitrogens is 1. The van der Waals surface area contributed by atoms with Crippen molar-refractivity contribution >= 4 is 34.8 Å². The molecule has 3 atom stereocenters. The fourth-order valence-corrected chi connectivity index (χ4v) is 7.68. The zero-order valence-electron chi connectivity index (χ0n) is 29.5. The van der Waals surface area contributed by atoms with Crippen molar-refractivity contribution in [2.45, 2.75) is 71.2 Å². The van der Waals surface area contributed by atoms with E-state index in [0.717, 1.165) is 22.1 Å². The molecule has 0 amide bonds. The minimum absolute atomic E-state index is 0.0310. The maximum atomic E-state index is 14.8. The standard InChI is InChI=1S/C38H33NO9.C2H7N/c1-19-24-13-10-21(17-40)14-26(24)32(45-36(43)47-37(2,3)4)29-25(19)15-22-11-12-23-16-27-30(33(42)38(23)34(46-38)28(22)31(29)41)35(39-48-27)44-18-20-8-6-5-7-9-20;1-3-2/h5-10,13-14,17,22-23H,11-12,15-16,18H2,1-4H3;3H,1-2H3/t22?,23-,38+;/m0./s1. The maximum Gasteiger partial charge on any atom is 0.514 e. The van der Waals surface area contributed by atoms with Gasteiger partial charge in [-0.05, 0) is 100 Å². The normalized spacial score (nSPS) is 21.4. The van der Waals surface area contributed by atoms with Gasteiger partial charge < -0.3 is 28.8 Å². The predicted octanol–water partition coefficient (Wildman–Crippen LogP) is 6.90. The fraction of sp³-hybridized carbons (Fsp3) is 0.375. The van der Waals surface area contributed by atoms with Gasteiger partial charge in [0, 0.05) is 28.9 Å². The Labute approximate surface area is 295 Å². The van der Waals surface area contributed by atoms with Gasteiger partial charge in [-0.25, -0.2) is 4.79 Å². The highest BCUT2D eigenvalue weighted by molar-refractivity contribution is 6.20. The lowest BCUT2D eigenvalue weighted by Gasteiger charge is -2.30. The van der Waals surface area contributed by atoms with Crippen molar-refractivity contribution in [2.24, 2.45) is 11.8 Å². The van der Waals surface area contributed by atoms with Gasteiger partial charge in [0.05, 0.1) is 5.56 Å². The summed E-state index contributed by atoms with van der Waals surface area (Å²) < 4.78 is 29.2. The SMILES string of the molecule is CNC.Cc1c2c(c(OC(=O)OC(C)(C)C)c3cc(C=O)ccc13)C(=O)C1=C3O[C@]34C(=O)c3c(OCc5ccccc5)noc3C[C@@H]4CCC1C2. The minimum Gasteiger partial charge on any atom is -0.470 e. The van der Waals surface area contributed by atoms with Crippen molar-refractivity contribution in [1.29, 1.82) is 0 Å². The third kappa shape index (κ3) is 5.79. The van der Waals surface area contributed by atoms with Crippen LogP contribution in [-0.4, -0.2) is 54.5 Å². The van der Waals surface area contributed by atoms with Crippen LogP contribution in [0.4, 0.5) is 4.79 Å².